The number of carbonyl (C=O) groups excluding carboxylic acids is 2. The number of carboxylic acid groups (broad SMARTS) is 1. The fraction of sp³-hybridized carbons (Fsp3) is 0.222. The van der Waals surface area contributed by atoms with Crippen molar-refractivity contribution in [2.75, 3.05) is 11.9 Å². The monoisotopic (exact) mass is 458 g/mol. The van der Waals surface area contributed by atoms with Crippen LogP contribution in [0.15, 0.2) is 72.8 Å². The van der Waals surface area contributed by atoms with Crippen LogP contribution in [0, 0.1) is 0 Å². The molecule has 34 heavy (non-hydrogen) atoms. The minimum absolute atomic E-state index is 0.0230. The average Bonchev–Trinajstić information content (AvgIpc) is 3.15. The first-order valence-electron chi connectivity index (χ1n) is 11.2. The number of aliphatic carboxylic acids is 1. The molecule has 1 aliphatic rings. The van der Waals surface area contributed by atoms with Gasteiger partial charge in [-0.2, -0.15) is 0 Å². The van der Waals surface area contributed by atoms with Gasteiger partial charge in [-0.3, -0.25) is 14.9 Å². The second-order valence-electron chi connectivity index (χ2n) is 8.34. The van der Waals surface area contributed by atoms with Gasteiger partial charge < -0.3 is 15.2 Å². The third-order valence-corrected chi connectivity index (χ3v) is 5.88. The predicted octanol–water partition coefficient (Wildman–Crippen LogP) is 5.03. The van der Waals surface area contributed by atoms with E-state index in [-0.39, 0.29) is 30.9 Å². The summed E-state index contributed by atoms with van der Waals surface area (Å²) in [4.78, 5) is 35.7. The standard InChI is InChI=1S/C27H26N2O5/c1-17(13-14-25(30)31)28-26(32)18-7-6-8-19(15-18)29-27(33)34-16-24-22-11-4-2-9-20(22)21-10-3-5-12-23(21)24/h2-12,15,17,24H,13-14,16H2,1H3,(H,28,32)(H,29,33)(H,30,31). The van der Waals surface area contributed by atoms with Crippen molar-refractivity contribution >= 4 is 23.7 Å². The van der Waals surface area contributed by atoms with Gasteiger partial charge in [0.15, 0.2) is 0 Å². The Morgan fingerprint density at radius 2 is 1.59 bits per heavy atom. The smallest absolute Gasteiger partial charge is 0.411 e. The number of benzene rings is 3. The van der Waals surface area contributed by atoms with Crippen LogP contribution in [0.5, 0.6) is 0 Å². The van der Waals surface area contributed by atoms with Crippen molar-refractivity contribution in [2.45, 2.75) is 31.7 Å². The second kappa shape index (κ2) is 10.2. The van der Waals surface area contributed by atoms with E-state index in [0.717, 1.165) is 22.3 Å². The van der Waals surface area contributed by atoms with Crippen molar-refractivity contribution in [3.63, 3.8) is 0 Å². The van der Waals surface area contributed by atoms with Crippen LogP contribution in [-0.4, -0.2) is 35.7 Å². The quantitative estimate of drug-likeness (QED) is 0.439. The van der Waals surface area contributed by atoms with Gasteiger partial charge in [0.2, 0.25) is 0 Å². The topological polar surface area (TPSA) is 105 Å². The van der Waals surface area contributed by atoms with E-state index in [4.69, 9.17) is 9.84 Å². The fourth-order valence-corrected chi connectivity index (χ4v) is 4.21. The summed E-state index contributed by atoms with van der Waals surface area (Å²) in [6.07, 6.45) is -0.293. The van der Waals surface area contributed by atoms with E-state index in [1.54, 1.807) is 31.2 Å². The van der Waals surface area contributed by atoms with Crippen molar-refractivity contribution in [1.82, 2.24) is 5.32 Å². The summed E-state index contributed by atoms with van der Waals surface area (Å²) in [6.45, 7) is 1.95. The van der Waals surface area contributed by atoms with Gasteiger partial charge in [-0.25, -0.2) is 4.79 Å². The van der Waals surface area contributed by atoms with Gasteiger partial charge in [0.25, 0.3) is 5.91 Å². The molecule has 0 fully saturated rings. The maximum absolute atomic E-state index is 12.5. The molecule has 0 aliphatic heterocycles. The van der Waals surface area contributed by atoms with E-state index in [1.165, 1.54) is 0 Å². The molecule has 0 spiro atoms. The zero-order valence-electron chi connectivity index (χ0n) is 18.8. The van der Waals surface area contributed by atoms with Crippen molar-refractivity contribution < 1.29 is 24.2 Å². The molecule has 3 N–H and O–H groups in total. The largest absolute Gasteiger partial charge is 0.481 e. The molecule has 0 bridgehead atoms. The van der Waals surface area contributed by atoms with Gasteiger partial charge >= 0.3 is 12.1 Å². The van der Waals surface area contributed by atoms with Gasteiger partial charge in [-0.15, -0.1) is 0 Å². The molecule has 2 amide bonds. The molecule has 0 saturated heterocycles. The first kappa shape index (κ1) is 23.0. The van der Waals surface area contributed by atoms with Crippen LogP contribution in [0.3, 0.4) is 0 Å². The van der Waals surface area contributed by atoms with E-state index in [2.05, 4.69) is 34.9 Å². The van der Waals surface area contributed by atoms with E-state index in [0.29, 0.717) is 17.7 Å². The fourth-order valence-electron chi connectivity index (χ4n) is 4.21. The molecule has 1 aliphatic carbocycles. The number of carbonyl (C=O) groups is 3. The third-order valence-electron chi connectivity index (χ3n) is 5.88. The number of carboxylic acids is 1. The molecular formula is C27H26N2O5. The van der Waals surface area contributed by atoms with Crippen LogP contribution in [0.1, 0.15) is 47.2 Å². The molecule has 7 heteroatoms. The zero-order chi connectivity index (χ0) is 24.1. The Hall–Kier alpha value is -4.13. The number of nitrogens with one attached hydrogen (secondary N) is 2. The Labute approximate surface area is 197 Å². The second-order valence-corrected chi connectivity index (χ2v) is 8.34. The van der Waals surface area contributed by atoms with Crippen molar-refractivity contribution in [2.24, 2.45) is 0 Å². The maximum Gasteiger partial charge on any atom is 0.411 e. The number of anilines is 1. The highest BCUT2D eigenvalue weighted by molar-refractivity contribution is 5.96. The van der Waals surface area contributed by atoms with Crippen LogP contribution < -0.4 is 10.6 Å². The third kappa shape index (κ3) is 5.26. The lowest BCUT2D eigenvalue weighted by molar-refractivity contribution is -0.137. The molecule has 3 aromatic carbocycles. The summed E-state index contributed by atoms with van der Waals surface area (Å²) in [5.74, 6) is -1.29. The van der Waals surface area contributed by atoms with Crippen LogP contribution in [0.4, 0.5) is 10.5 Å². The molecular weight excluding hydrogens is 432 g/mol. The van der Waals surface area contributed by atoms with E-state index in [1.807, 2.05) is 24.3 Å². The molecule has 1 unspecified atom stereocenters. The first-order valence-corrected chi connectivity index (χ1v) is 11.2. The summed E-state index contributed by atoms with van der Waals surface area (Å²) in [7, 11) is 0. The molecule has 4 rings (SSSR count). The van der Waals surface area contributed by atoms with Crippen LogP contribution in [0.2, 0.25) is 0 Å². The number of hydrogen-bond acceptors (Lipinski definition) is 4. The molecule has 3 aromatic rings. The summed E-state index contributed by atoms with van der Waals surface area (Å²) in [6, 6.07) is 22.5. The Kier molecular flexibility index (Phi) is 6.92. The van der Waals surface area contributed by atoms with Crippen molar-refractivity contribution in [1.29, 1.82) is 0 Å². The highest BCUT2D eigenvalue weighted by Gasteiger charge is 2.29. The van der Waals surface area contributed by atoms with Crippen LogP contribution >= 0.6 is 0 Å². The Bertz CT molecular complexity index is 1180. The van der Waals surface area contributed by atoms with Crippen molar-refractivity contribution in [3.05, 3.63) is 89.5 Å². The normalized spacial score (nSPS) is 12.9. The Morgan fingerprint density at radius 3 is 2.24 bits per heavy atom. The van der Waals surface area contributed by atoms with E-state index >= 15 is 0 Å². The van der Waals surface area contributed by atoms with Gasteiger partial charge in [0, 0.05) is 29.6 Å². The molecule has 0 aromatic heterocycles. The molecule has 7 nitrogen and oxygen atoms in total. The number of ether oxygens (including phenoxy) is 1. The SMILES string of the molecule is CC(CCC(=O)O)NC(=O)c1cccc(NC(=O)OCC2c3ccccc3-c3ccccc32)c1. The lowest BCUT2D eigenvalue weighted by atomic mass is 9.98. The Balaban J connectivity index is 1.36. The number of fused-ring (bicyclic) bond motifs is 3. The lowest BCUT2D eigenvalue weighted by Crippen LogP contribution is -2.33. The molecule has 174 valence electrons. The number of rotatable bonds is 8. The minimum atomic E-state index is -0.907. The molecule has 0 saturated carbocycles. The number of hydrogen-bond donors (Lipinski definition) is 3. The van der Waals surface area contributed by atoms with Crippen molar-refractivity contribution in [3.8, 4) is 11.1 Å². The summed E-state index contributed by atoms with van der Waals surface area (Å²) in [5.41, 5.74) is 5.37. The van der Waals surface area contributed by atoms with Gasteiger partial charge in [-0.1, -0.05) is 54.6 Å². The average molecular weight is 459 g/mol. The van der Waals surface area contributed by atoms with Crippen LogP contribution in [-0.2, 0) is 9.53 Å². The zero-order valence-corrected chi connectivity index (χ0v) is 18.8. The minimum Gasteiger partial charge on any atom is -0.481 e. The lowest BCUT2D eigenvalue weighted by Gasteiger charge is -2.15. The Morgan fingerprint density at radius 1 is 0.941 bits per heavy atom. The first-order chi connectivity index (χ1) is 16.4. The van der Waals surface area contributed by atoms with Gasteiger partial charge in [-0.05, 0) is 53.8 Å². The summed E-state index contributed by atoms with van der Waals surface area (Å²) < 4.78 is 5.56. The number of amides is 2. The van der Waals surface area contributed by atoms with Gasteiger partial charge in [0.05, 0.1) is 0 Å². The molecule has 0 heterocycles. The van der Waals surface area contributed by atoms with Crippen LogP contribution in [0.25, 0.3) is 11.1 Å². The van der Waals surface area contributed by atoms with Gasteiger partial charge in [0.1, 0.15) is 6.61 Å². The predicted molar refractivity (Wildman–Crippen MR) is 129 cm³/mol. The van der Waals surface area contributed by atoms with E-state index < -0.39 is 12.1 Å². The summed E-state index contributed by atoms with van der Waals surface area (Å²) in [5, 5.41) is 14.2. The highest BCUT2D eigenvalue weighted by Crippen LogP contribution is 2.44. The highest BCUT2D eigenvalue weighted by atomic mass is 16.5. The molecule has 0 radical (unpaired) electrons. The summed E-state index contributed by atoms with van der Waals surface area (Å²) >= 11 is 0. The molecule has 1 atom stereocenters. The maximum atomic E-state index is 12.5. The van der Waals surface area contributed by atoms with E-state index in [9.17, 15) is 14.4 Å².